The van der Waals surface area contributed by atoms with Gasteiger partial charge >= 0.3 is 0 Å². The van der Waals surface area contributed by atoms with Gasteiger partial charge in [-0.15, -0.1) is 0 Å². The summed E-state index contributed by atoms with van der Waals surface area (Å²) in [5.41, 5.74) is 3.50. The van der Waals surface area contributed by atoms with Crippen LogP contribution in [0.1, 0.15) is 102 Å². The smallest absolute Gasteiger partial charge is 0.151 e. The fraction of sp³-hybridized carbons (Fsp3) is 0.571. The van der Waals surface area contributed by atoms with Crippen molar-refractivity contribution in [2.75, 3.05) is 5.32 Å². The molecule has 2 aromatic rings. The van der Waals surface area contributed by atoms with Crippen LogP contribution in [-0.2, 0) is 6.42 Å². The lowest BCUT2D eigenvalue weighted by molar-refractivity contribution is 0.480. The van der Waals surface area contributed by atoms with Gasteiger partial charge in [-0.25, -0.2) is 0 Å². The van der Waals surface area contributed by atoms with Gasteiger partial charge in [-0.1, -0.05) is 109 Å². The number of benzene rings is 2. The van der Waals surface area contributed by atoms with E-state index in [0.29, 0.717) is 0 Å². The zero-order valence-electron chi connectivity index (χ0n) is 19.1. The summed E-state index contributed by atoms with van der Waals surface area (Å²) in [6.07, 6.45) is 20.9. The molecule has 0 bridgehead atoms. The van der Waals surface area contributed by atoms with Crippen molar-refractivity contribution in [1.29, 1.82) is 0 Å². The van der Waals surface area contributed by atoms with Crippen LogP contribution in [0, 0.1) is 0 Å². The molecule has 1 N–H and O–H groups in total. The van der Waals surface area contributed by atoms with Gasteiger partial charge in [0.15, 0.2) is 11.5 Å². The summed E-state index contributed by atoms with van der Waals surface area (Å²) in [5, 5.41) is 3.46. The summed E-state index contributed by atoms with van der Waals surface area (Å²) < 4.78 is 6.08. The van der Waals surface area contributed by atoms with Crippen molar-refractivity contribution >= 4 is 11.4 Å². The van der Waals surface area contributed by atoms with Gasteiger partial charge in [-0.3, -0.25) is 0 Å². The van der Waals surface area contributed by atoms with E-state index in [2.05, 4.69) is 36.5 Å². The maximum absolute atomic E-state index is 6.08. The molecule has 30 heavy (non-hydrogen) atoms. The van der Waals surface area contributed by atoms with Crippen LogP contribution >= 0.6 is 0 Å². The number of para-hydroxylation sites is 2. The first kappa shape index (κ1) is 22.7. The maximum Gasteiger partial charge on any atom is 0.151 e. The van der Waals surface area contributed by atoms with Crippen molar-refractivity contribution in [2.45, 2.75) is 103 Å². The lowest BCUT2D eigenvalue weighted by Gasteiger charge is -2.22. The molecule has 3 rings (SSSR count). The monoisotopic (exact) mass is 407 g/mol. The zero-order chi connectivity index (χ0) is 20.9. The number of unbranched alkanes of at least 4 members (excludes halogenated alkanes) is 13. The fourth-order valence-corrected chi connectivity index (χ4v) is 4.36. The van der Waals surface area contributed by atoms with Crippen molar-refractivity contribution in [2.24, 2.45) is 0 Å². The highest BCUT2D eigenvalue weighted by molar-refractivity contribution is 5.75. The van der Waals surface area contributed by atoms with Gasteiger partial charge in [0.05, 0.1) is 11.4 Å². The predicted molar refractivity (Wildman–Crippen MR) is 130 cm³/mol. The molecule has 0 fully saturated rings. The minimum absolute atomic E-state index is 0.915. The average Bonchev–Trinajstić information content (AvgIpc) is 2.78. The second-order valence-corrected chi connectivity index (χ2v) is 8.90. The minimum atomic E-state index is 0.915. The van der Waals surface area contributed by atoms with Crippen molar-refractivity contribution in [3.8, 4) is 11.5 Å². The summed E-state index contributed by atoms with van der Waals surface area (Å²) in [4.78, 5) is 0. The van der Waals surface area contributed by atoms with E-state index >= 15 is 0 Å². The molecule has 0 spiro atoms. The molecule has 0 amide bonds. The lowest BCUT2D eigenvalue weighted by atomic mass is 10.0. The molecule has 1 heterocycles. The van der Waals surface area contributed by atoms with Crippen LogP contribution < -0.4 is 10.1 Å². The molecular formula is C28H41NO. The van der Waals surface area contributed by atoms with Crippen LogP contribution in [0.3, 0.4) is 0 Å². The standard InChI is InChI=1S/C28H41NO/c1-2-3-4-5-6-7-8-9-10-11-12-13-14-15-18-24-21-22-26-28(23-24)30-27-20-17-16-19-25(27)29-26/h16-17,19-23,29H,2-15,18H2,1H3. The second-order valence-electron chi connectivity index (χ2n) is 8.90. The van der Waals surface area contributed by atoms with Gasteiger partial charge in [0.2, 0.25) is 0 Å². The number of ether oxygens (including phenoxy) is 1. The van der Waals surface area contributed by atoms with E-state index in [1.54, 1.807) is 0 Å². The summed E-state index contributed by atoms with van der Waals surface area (Å²) in [6.45, 7) is 2.29. The third-order valence-corrected chi connectivity index (χ3v) is 6.24. The zero-order valence-corrected chi connectivity index (χ0v) is 19.1. The van der Waals surface area contributed by atoms with Gasteiger partial charge < -0.3 is 10.1 Å². The molecule has 0 aliphatic carbocycles. The largest absolute Gasteiger partial charge is 0.453 e. The Hall–Kier alpha value is -1.96. The lowest BCUT2D eigenvalue weighted by Crippen LogP contribution is -2.03. The Labute approximate surface area is 184 Å². The van der Waals surface area contributed by atoms with E-state index in [9.17, 15) is 0 Å². The second kappa shape index (κ2) is 13.4. The average molecular weight is 408 g/mol. The highest BCUT2D eigenvalue weighted by atomic mass is 16.5. The first-order valence-electron chi connectivity index (χ1n) is 12.5. The third-order valence-electron chi connectivity index (χ3n) is 6.24. The highest BCUT2D eigenvalue weighted by Crippen LogP contribution is 2.42. The van der Waals surface area contributed by atoms with E-state index in [1.807, 2.05) is 18.2 Å². The molecule has 0 aromatic heterocycles. The quantitative estimate of drug-likeness (QED) is 0.253. The Morgan fingerprint density at radius 1 is 0.600 bits per heavy atom. The van der Waals surface area contributed by atoms with Crippen LogP contribution in [0.15, 0.2) is 42.5 Å². The number of rotatable bonds is 15. The van der Waals surface area contributed by atoms with Crippen LogP contribution in [0.5, 0.6) is 11.5 Å². The van der Waals surface area contributed by atoms with E-state index < -0.39 is 0 Å². The van der Waals surface area contributed by atoms with Crippen LogP contribution in [-0.4, -0.2) is 0 Å². The fourth-order valence-electron chi connectivity index (χ4n) is 4.36. The predicted octanol–water partition coefficient (Wildman–Crippen LogP) is 9.56. The molecular weight excluding hydrogens is 366 g/mol. The van der Waals surface area contributed by atoms with Crippen molar-refractivity contribution in [3.05, 3.63) is 48.0 Å². The normalized spacial score (nSPS) is 12.0. The van der Waals surface area contributed by atoms with Crippen LogP contribution in [0.25, 0.3) is 0 Å². The van der Waals surface area contributed by atoms with E-state index in [0.717, 1.165) is 29.3 Å². The molecule has 0 saturated carbocycles. The molecule has 0 atom stereocenters. The maximum atomic E-state index is 6.08. The molecule has 2 aromatic carbocycles. The van der Waals surface area contributed by atoms with Crippen LogP contribution in [0.2, 0.25) is 0 Å². The summed E-state index contributed by atoms with van der Waals surface area (Å²) in [7, 11) is 0. The first-order valence-corrected chi connectivity index (χ1v) is 12.5. The Morgan fingerprint density at radius 2 is 1.17 bits per heavy atom. The Bertz CT molecular complexity index is 739. The van der Waals surface area contributed by atoms with Gasteiger partial charge in [-0.2, -0.15) is 0 Å². The Kier molecular flexibility index (Phi) is 10.1. The molecule has 2 heteroatoms. The number of hydrogen-bond donors (Lipinski definition) is 1. The van der Waals surface area contributed by atoms with E-state index in [4.69, 9.17) is 4.74 Å². The number of hydrogen-bond acceptors (Lipinski definition) is 2. The van der Waals surface area contributed by atoms with Gasteiger partial charge in [0.1, 0.15) is 0 Å². The summed E-state index contributed by atoms with van der Waals surface area (Å²) in [5.74, 6) is 1.87. The molecule has 0 unspecified atom stereocenters. The van der Waals surface area contributed by atoms with Crippen molar-refractivity contribution in [1.82, 2.24) is 0 Å². The van der Waals surface area contributed by atoms with E-state index in [1.165, 1.54) is 95.5 Å². The molecule has 2 nitrogen and oxygen atoms in total. The summed E-state index contributed by atoms with van der Waals surface area (Å²) in [6, 6.07) is 14.7. The topological polar surface area (TPSA) is 21.3 Å². The molecule has 0 saturated heterocycles. The number of fused-ring (bicyclic) bond motifs is 2. The SMILES string of the molecule is CCCCCCCCCCCCCCCCc1ccc2c(c1)Oc1ccccc1N2. The minimum Gasteiger partial charge on any atom is -0.453 e. The van der Waals surface area contributed by atoms with Crippen LogP contribution in [0.4, 0.5) is 11.4 Å². The third kappa shape index (κ3) is 7.70. The van der Waals surface area contributed by atoms with Gasteiger partial charge in [0.25, 0.3) is 0 Å². The number of nitrogens with one attached hydrogen (secondary N) is 1. The Morgan fingerprint density at radius 3 is 1.83 bits per heavy atom. The molecule has 164 valence electrons. The number of anilines is 2. The first-order chi connectivity index (χ1) is 14.9. The Balaban J connectivity index is 1.20. The summed E-state index contributed by atoms with van der Waals surface area (Å²) >= 11 is 0. The molecule has 0 radical (unpaired) electrons. The van der Waals surface area contributed by atoms with Crippen molar-refractivity contribution < 1.29 is 4.74 Å². The molecule has 1 aliphatic heterocycles. The van der Waals surface area contributed by atoms with Crippen molar-refractivity contribution in [3.63, 3.8) is 0 Å². The van der Waals surface area contributed by atoms with E-state index in [-0.39, 0.29) is 0 Å². The highest BCUT2D eigenvalue weighted by Gasteiger charge is 2.15. The van der Waals surface area contributed by atoms with Gasteiger partial charge in [-0.05, 0) is 42.7 Å². The number of aryl methyl sites for hydroxylation is 1. The molecule has 1 aliphatic rings. The van der Waals surface area contributed by atoms with Gasteiger partial charge in [0, 0.05) is 0 Å².